The van der Waals surface area contributed by atoms with Gasteiger partial charge in [-0.15, -0.1) is 11.3 Å². The van der Waals surface area contributed by atoms with Gasteiger partial charge >= 0.3 is 0 Å². The first-order valence-electron chi connectivity index (χ1n) is 12.1. The summed E-state index contributed by atoms with van der Waals surface area (Å²) in [6, 6.07) is 10.3. The molecule has 2 aromatic heterocycles. The molecule has 2 aliphatic heterocycles. The van der Waals surface area contributed by atoms with Crippen LogP contribution in [0, 0.1) is 0 Å². The molecule has 2 amide bonds. The number of piperidine rings is 1. The van der Waals surface area contributed by atoms with Gasteiger partial charge in [0.05, 0.1) is 19.9 Å². The van der Waals surface area contributed by atoms with Crippen molar-refractivity contribution in [3.63, 3.8) is 0 Å². The number of carbonyl (C=O) groups excluding carboxylic acids is 2. The Hall–Kier alpha value is -3.26. The van der Waals surface area contributed by atoms with Crippen LogP contribution in [-0.2, 0) is 17.8 Å². The first-order chi connectivity index (χ1) is 17.0. The van der Waals surface area contributed by atoms with Gasteiger partial charge in [0.2, 0.25) is 5.91 Å². The minimum absolute atomic E-state index is 0.00477. The van der Waals surface area contributed by atoms with Crippen molar-refractivity contribution in [2.24, 2.45) is 0 Å². The largest absolute Gasteiger partial charge is 0.493 e. The smallest absolute Gasteiger partial charge is 0.270 e. The van der Waals surface area contributed by atoms with Gasteiger partial charge in [-0.3, -0.25) is 9.59 Å². The topological polar surface area (TPSA) is 72.8 Å². The normalized spacial score (nSPS) is 16.9. The van der Waals surface area contributed by atoms with Gasteiger partial charge in [-0.2, -0.15) is 0 Å². The number of aromatic nitrogens is 1. The molecule has 2 aliphatic rings. The van der Waals surface area contributed by atoms with Crippen LogP contribution in [0.3, 0.4) is 0 Å². The summed E-state index contributed by atoms with van der Waals surface area (Å²) in [7, 11) is 3.30. The Kier molecular flexibility index (Phi) is 6.56. The van der Waals surface area contributed by atoms with E-state index in [1.165, 1.54) is 5.56 Å². The van der Waals surface area contributed by atoms with Crippen molar-refractivity contribution in [3.8, 4) is 33.2 Å². The number of rotatable bonds is 6. The Morgan fingerprint density at radius 1 is 1.11 bits per heavy atom. The minimum atomic E-state index is 0.00477. The summed E-state index contributed by atoms with van der Waals surface area (Å²) in [6.07, 6.45) is 3.04. The van der Waals surface area contributed by atoms with Gasteiger partial charge in [-0.05, 0) is 54.5 Å². The van der Waals surface area contributed by atoms with Crippen molar-refractivity contribution in [3.05, 3.63) is 47.0 Å². The summed E-state index contributed by atoms with van der Waals surface area (Å²) < 4.78 is 13.3. The Bertz CT molecular complexity index is 1250. The lowest BCUT2D eigenvalue weighted by Gasteiger charge is -2.33. The average molecular weight is 494 g/mol. The number of hydrogen-bond donors (Lipinski definition) is 1. The monoisotopic (exact) mass is 493 g/mol. The van der Waals surface area contributed by atoms with Crippen LogP contribution in [0.15, 0.2) is 35.7 Å². The summed E-state index contributed by atoms with van der Waals surface area (Å²) in [5, 5.41) is 5.13. The van der Waals surface area contributed by atoms with Crippen molar-refractivity contribution >= 4 is 23.2 Å². The van der Waals surface area contributed by atoms with Crippen LogP contribution in [0.4, 0.5) is 0 Å². The number of amides is 2. The minimum Gasteiger partial charge on any atom is -0.493 e. The fourth-order valence-electron chi connectivity index (χ4n) is 5.22. The van der Waals surface area contributed by atoms with Crippen molar-refractivity contribution in [1.29, 1.82) is 0 Å². The molecule has 1 N–H and O–H groups in total. The summed E-state index contributed by atoms with van der Waals surface area (Å²) in [6.45, 7) is 3.81. The number of ether oxygens (including phenoxy) is 2. The number of hydrogen-bond acceptors (Lipinski definition) is 5. The van der Waals surface area contributed by atoms with E-state index in [9.17, 15) is 9.59 Å². The summed E-state index contributed by atoms with van der Waals surface area (Å²) >= 11 is 1.67. The lowest BCUT2D eigenvalue weighted by atomic mass is 9.95. The summed E-state index contributed by atoms with van der Waals surface area (Å²) in [4.78, 5) is 28.8. The number of carbonyl (C=O) groups is 2. The van der Waals surface area contributed by atoms with Crippen LogP contribution in [0.1, 0.15) is 42.2 Å². The zero-order valence-corrected chi connectivity index (χ0v) is 21.2. The highest BCUT2D eigenvalue weighted by atomic mass is 32.1. The molecule has 4 heterocycles. The van der Waals surface area contributed by atoms with E-state index < -0.39 is 0 Å². The zero-order valence-electron chi connectivity index (χ0n) is 20.4. The number of methoxy groups -OCH3 is 2. The van der Waals surface area contributed by atoms with E-state index in [1.54, 1.807) is 25.6 Å². The molecule has 184 valence electrons. The Labute approximate surface area is 209 Å². The lowest BCUT2D eigenvalue weighted by Crippen LogP contribution is -2.49. The number of thiophene rings is 1. The highest BCUT2D eigenvalue weighted by molar-refractivity contribution is 7.13. The first kappa shape index (κ1) is 23.5. The van der Waals surface area contributed by atoms with E-state index in [0.29, 0.717) is 43.2 Å². The van der Waals surface area contributed by atoms with Crippen molar-refractivity contribution in [2.45, 2.75) is 45.2 Å². The maximum atomic E-state index is 13.8. The molecule has 1 saturated heterocycles. The number of fused-ring (bicyclic) bond motifs is 3. The second kappa shape index (κ2) is 9.77. The van der Waals surface area contributed by atoms with Gasteiger partial charge in [-0.25, -0.2) is 0 Å². The third kappa shape index (κ3) is 4.31. The fourth-order valence-corrected chi connectivity index (χ4v) is 5.96. The predicted molar refractivity (Wildman–Crippen MR) is 137 cm³/mol. The fraction of sp³-hybridized carbons (Fsp3) is 0.407. The quantitative estimate of drug-likeness (QED) is 0.545. The Morgan fingerprint density at radius 2 is 1.91 bits per heavy atom. The van der Waals surface area contributed by atoms with E-state index >= 15 is 0 Å². The number of nitrogens with one attached hydrogen (secondary N) is 1. The van der Waals surface area contributed by atoms with Crippen LogP contribution in [0.25, 0.3) is 21.7 Å². The molecule has 7 nitrogen and oxygen atoms in total. The zero-order chi connectivity index (χ0) is 24.5. The van der Waals surface area contributed by atoms with Crippen LogP contribution in [0.5, 0.6) is 11.5 Å². The van der Waals surface area contributed by atoms with Crippen molar-refractivity contribution in [1.82, 2.24) is 14.8 Å². The van der Waals surface area contributed by atoms with Crippen LogP contribution < -0.4 is 14.8 Å². The van der Waals surface area contributed by atoms with Crippen LogP contribution >= 0.6 is 11.3 Å². The molecule has 0 aliphatic carbocycles. The first-order valence-corrected chi connectivity index (χ1v) is 13.0. The highest BCUT2D eigenvalue weighted by Crippen LogP contribution is 2.45. The maximum absolute atomic E-state index is 13.8. The van der Waals surface area contributed by atoms with Crippen LogP contribution in [-0.4, -0.2) is 54.6 Å². The average Bonchev–Trinajstić information content (AvgIpc) is 3.55. The molecular weight excluding hydrogens is 462 g/mol. The predicted octanol–water partition coefficient (Wildman–Crippen LogP) is 4.59. The summed E-state index contributed by atoms with van der Waals surface area (Å²) in [5.74, 6) is 1.45. The van der Waals surface area contributed by atoms with Crippen LogP contribution in [0.2, 0.25) is 0 Å². The van der Waals surface area contributed by atoms with Gasteiger partial charge in [-0.1, -0.05) is 13.0 Å². The molecule has 3 aromatic rings. The maximum Gasteiger partial charge on any atom is 0.270 e. The van der Waals surface area contributed by atoms with E-state index in [0.717, 1.165) is 41.0 Å². The van der Waals surface area contributed by atoms with E-state index in [-0.39, 0.29) is 17.9 Å². The second-order valence-corrected chi connectivity index (χ2v) is 9.99. The third-order valence-corrected chi connectivity index (χ3v) is 7.87. The molecule has 35 heavy (non-hydrogen) atoms. The highest BCUT2D eigenvalue weighted by Gasteiger charge is 2.32. The van der Waals surface area contributed by atoms with Gasteiger partial charge in [0.15, 0.2) is 11.5 Å². The molecule has 1 unspecified atom stereocenters. The third-order valence-electron chi connectivity index (χ3n) is 6.97. The molecule has 1 atom stereocenters. The van der Waals surface area contributed by atoms with Gasteiger partial charge in [0.1, 0.15) is 5.69 Å². The molecule has 1 aromatic carbocycles. The second-order valence-electron chi connectivity index (χ2n) is 9.05. The number of aryl methyl sites for hydroxylation is 1. The number of nitrogens with zero attached hydrogens (tertiary/aromatic N) is 2. The molecule has 0 radical (unpaired) electrons. The molecule has 5 rings (SSSR count). The molecule has 0 bridgehead atoms. The van der Waals surface area contributed by atoms with E-state index in [4.69, 9.17) is 9.47 Å². The summed E-state index contributed by atoms with van der Waals surface area (Å²) in [5.41, 5.74) is 5.06. The molecule has 1 fully saturated rings. The Balaban J connectivity index is 1.56. The van der Waals surface area contributed by atoms with Gasteiger partial charge < -0.3 is 24.3 Å². The van der Waals surface area contributed by atoms with E-state index in [2.05, 4.69) is 27.4 Å². The molecule has 8 heteroatoms. The van der Waals surface area contributed by atoms with E-state index in [1.807, 2.05) is 30.0 Å². The SMILES string of the molecule is CCC(=O)NC1CCCN(C(=O)c2cc(-c3cccs3)c3n2CCc2cc(OC)c(OC)cc2-3)C1. The molecular formula is C27H31N3O4S. The standard InChI is InChI=1S/C27H31N3O4S/c1-4-25(31)28-18-7-5-10-29(16-18)27(32)21-14-20(24-8-6-12-35-24)26-19-15-23(34-3)22(33-2)13-17(19)9-11-30(21)26/h6,8,12-15,18H,4-5,7,9-11,16H2,1-3H3,(H,28,31). The van der Waals surface area contributed by atoms with Gasteiger partial charge in [0, 0.05) is 48.1 Å². The lowest BCUT2D eigenvalue weighted by molar-refractivity contribution is -0.121. The Morgan fingerprint density at radius 3 is 2.63 bits per heavy atom. The van der Waals surface area contributed by atoms with Crippen molar-refractivity contribution < 1.29 is 19.1 Å². The number of benzene rings is 1. The molecule has 0 spiro atoms. The number of likely N-dealkylation sites (tertiary alicyclic amines) is 1. The van der Waals surface area contributed by atoms with Crippen molar-refractivity contribution in [2.75, 3.05) is 27.3 Å². The van der Waals surface area contributed by atoms with Gasteiger partial charge in [0.25, 0.3) is 5.91 Å². The molecule has 0 saturated carbocycles.